The summed E-state index contributed by atoms with van der Waals surface area (Å²) in [5, 5.41) is 5.19. The minimum atomic E-state index is -3.79. The molecule has 2 aromatic carbocycles. The summed E-state index contributed by atoms with van der Waals surface area (Å²) >= 11 is 1.30. The van der Waals surface area contributed by atoms with E-state index in [0.717, 1.165) is 11.3 Å². The van der Waals surface area contributed by atoms with Gasteiger partial charge < -0.3 is 14.8 Å². The first-order valence-corrected chi connectivity index (χ1v) is 14.2. The van der Waals surface area contributed by atoms with Gasteiger partial charge in [0.15, 0.2) is 0 Å². The van der Waals surface area contributed by atoms with Gasteiger partial charge in [0.1, 0.15) is 11.6 Å². The second kappa shape index (κ2) is 11.5. The number of rotatable bonds is 8. The lowest BCUT2D eigenvalue weighted by Gasteiger charge is -2.34. The Balaban J connectivity index is 1.35. The standard InChI is InChI=1S/C26H29N3O6S2/c1-17-7-4-5-10-23(17)28-24(30)12-25-27-21(16-36-25)15-34-26(31)20-8-6-9-22(11-20)37(32,33)29-13-18(2)35-19(3)14-29/h4-11,16,18-19H,12-15H2,1-3H3,(H,28,30). The van der Waals surface area contributed by atoms with E-state index in [2.05, 4.69) is 10.3 Å². The molecule has 1 saturated heterocycles. The quantitative estimate of drug-likeness (QED) is 0.430. The number of nitrogens with one attached hydrogen (secondary N) is 1. The van der Waals surface area contributed by atoms with Gasteiger partial charge in [0.05, 0.1) is 34.8 Å². The Labute approximate surface area is 220 Å². The molecular weight excluding hydrogens is 514 g/mol. The number of aromatic nitrogens is 1. The Morgan fingerprint density at radius 2 is 1.86 bits per heavy atom. The summed E-state index contributed by atoms with van der Waals surface area (Å²) in [6.07, 6.45) is -0.336. The Bertz CT molecular complexity index is 1380. The molecule has 4 rings (SSSR count). The number of aryl methyl sites for hydroxylation is 1. The number of hydrogen-bond acceptors (Lipinski definition) is 8. The molecule has 9 nitrogen and oxygen atoms in total. The van der Waals surface area contributed by atoms with E-state index in [4.69, 9.17) is 9.47 Å². The fraction of sp³-hybridized carbons (Fsp3) is 0.346. The van der Waals surface area contributed by atoms with Crippen molar-refractivity contribution in [1.29, 1.82) is 0 Å². The number of para-hydroxylation sites is 1. The number of sulfonamides is 1. The van der Waals surface area contributed by atoms with E-state index in [0.29, 0.717) is 10.7 Å². The number of esters is 1. The van der Waals surface area contributed by atoms with Crippen molar-refractivity contribution in [2.24, 2.45) is 0 Å². The number of thiazole rings is 1. The molecule has 0 radical (unpaired) electrons. The minimum Gasteiger partial charge on any atom is -0.456 e. The van der Waals surface area contributed by atoms with Crippen LogP contribution in [0.1, 0.15) is 40.5 Å². The minimum absolute atomic E-state index is 0.0267. The lowest BCUT2D eigenvalue weighted by atomic mass is 10.2. The summed E-state index contributed by atoms with van der Waals surface area (Å²) in [7, 11) is -3.79. The van der Waals surface area contributed by atoms with Crippen LogP contribution in [-0.2, 0) is 37.3 Å². The first kappa shape index (κ1) is 26.9. The van der Waals surface area contributed by atoms with Crippen molar-refractivity contribution in [1.82, 2.24) is 9.29 Å². The molecule has 0 saturated carbocycles. The van der Waals surface area contributed by atoms with Crippen molar-refractivity contribution in [3.05, 3.63) is 75.7 Å². The Kier molecular flexibility index (Phi) is 8.38. The third-order valence-corrected chi connectivity index (χ3v) is 8.50. The van der Waals surface area contributed by atoms with Crippen LogP contribution in [0.3, 0.4) is 0 Å². The summed E-state index contributed by atoms with van der Waals surface area (Å²) in [4.78, 5) is 29.4. The van der Waals surface area contributed by atoms with Crippen LogP contribution in [0.2, 0.25) is 0 Å². The molecule has 2 unspecified atom stereocenters. The first-order chi connectivity index (χ1) is 17.6. The zero-order valence-corrected chi connectivity index (χ0v) is 22.5. The maximum absolute atomic E-state index is 13.1. The zero-order valence-electron chi connectivity index (χ0n) is 20.8. The van der Waals surface area contributed by atoms with Crippen LogP contribution in [0.25, 0.3) is 0 Å². The second-order valence-electron chi connectivity index (χ2n) is 8.96. The maximum Gasteiger partial charge on any atom is 0.338 e. The molecule has 1 aliphatic heterocycles. The Morgan fingerprint density at radius 1 is 1.14 bits per heavy atom. The molecular formula is C26H29N3O6S2. The molecule has 1 aromatic heterocycles. The highest BCUT2D eigenvalue weighted by Crippen LogP contribution is 2.23. The van der Waals surface area contributed by atoms with Crippen LogP contribution in [0, 0.1) is 6.92 Å². The number of morpholine rings is 1. The highest BCUT2D eigenvalue weighted by molar-refractivity contribution is 7.89. The molecule has 0 spiro atoms. The largest absolute Gasteiger partial charge is 0.456 e. The Morgan fingerprint density at radius 3 is 2.59 bits per heavy atom. The van der Waals surface area contributed by atoms with Gasteiger partial charge in [0.2, 0.25) is 15.9 Å². The third-order valence-electron chi connectivity index (χ3n) is 5.78. The maximum atomic E-state index is 13.1. The van der Waals surface area contributed by atoms with Gasteiger partial charge >= 0.3 is 5.97 Å². The van der Waals surface area contributed by atoms with Gasteiger partial charge in [0.25, 0.3) is 0 Å². The molecule has 1 N–H and O–H groups in total. The lowest BCUT2D eigenvalue weighted by Crippen LogP contribution is -2.48. The number of hydrogen-bond donors (Lipinski definition) is 1. The van der Waals surface area contributed by atoms with Crippen molar-refractivity contribution in [3.8, 4) is 0 Å². The fourth-order valence-electron chi connectivity index (χ4n) is 4.02. The van der Waals surface area contributed by atoms with Gasteiger partial charge in [-0.25, -0.2) is 18.2 Å². The lowest BCUT2D eigenvalue weighted by molar-refractivity contribution is -0.115. The molecule has 0 aliphatic carbocycles. The average molecular weight is 544 g/mol. The average Bonchev–Trinajstić information content (AvgIpc) is 3.30. The van der Waals surface area contributed by atoms with Gasteiger partial charge in [-0.05, 0) is 50.6 Å². The van der Waals surface area contributed by atoms with Gasteiger partial charge in [-0.2, -0.15) is 4.31 Å². The van der Waals surface area contributed by atoms with E-state index in [1.165, 1.54) is 39.9 Å². The van der Waals surface area contributed by atoms with Gasteiger partial charge in [0, 0.05) is 24.2 Å². The summed E-state index contributed by atoms with van der Waals surface area (Å²) in [5.41, 5.74) is 2.36. The molecule has 1 aliphatic rings. The number of anilines is 1. The molecule has 0 bridgehead atoms. The topological polar surface area (TPSA) is 115 Å². The molecule has 37 heavy (non-hydrogen) atoms. The highest BCUT2D eigenvalue weighted by Gasteiger charge is 2.32. The first-order valence-electron chi connectivity index (χ1n) is 11.8. The number of carbonyl (C=O) groups excluding carboxylic acids is 2. The normalized spacial score (nSPS) is 18.4. The van der Waals surface area contributed by atoms with E-state index in [-0.39, 0.29) is 54.7 Å². The summed E-state index contributed by atoms with van der Waals surface area (Å²) < 4.78 is 38.6. The summed E-state index contributed by atoms with van der Waals surface area (Å²) in [6, 6.07) is 13.3. The number of nitrogens with zero attached hydrogens (tertiary/aromatic N) is 2. The fourth-order valence-corrected chi connectivity index (χ4v) is 6.44. The summed E-state index contributed by atoms with van der Waals surface area (Å²) in [5.74, 6) is -0.845. The van der Waals surface area contributed by atoms with Crippen LogP contribution in [-0.4, -0.2) is 54.9 Å². The van der Waals surface area contributed by atoms with Crippen molar-refractivity contribution in [3.63, 3.8) is 0 Å². The van der Waals surface area contributed by atoms with E-state index < -0.39 is 16.0 Å². The van der Waals surface area contributed by atoms with Crippen molar-refractivity contribution < 1.29 is 27.5 Å². The molecule has 11 heteroatoms. The predicted molar refractivity (Wildman–Crippen MR) is 140 cm³/mol. The molecule has 1 fully saturated rings. The zero-order chi connectivity index (χ0) is 26.6. The second-order valence-corrected chi connectivity index (χ2v) is 11.8. The molecule has 2 atom stereocenters. The number of amides is 1. The molecule has 196 valence electrons. The number of ether oxygens (including phenoxy) is 2. The summed E-state index contributed by atoms with van der Waals surface area (Å²) in [6.45, 7) is 5.97. The van der Waals surface area contributed by atoms with E-state index in [1.807, 2.05) is 45.0 Å². The van der Waals surface area contributed by atoms with Crippen LogP contribution in [0.15, 0.2) is 58.8 Å². The van der Waals surface area contributed by atoms with Gasteiger partial charge in [-0.15, -0.1) is 11.3 Å². The Hall–Kier alpha value is -3.12. The molecule has 3 aromatic rings. The van der Waals surface area contributed by atoms with Gasteiger partial charge in [-0.1, -0.05) is 24.3 Å². The van der Waals surface area contributed by atoms with E-state index in [9.17, 15) is 18.0 Å². The van der Waals surface area contributed by atoms with Crippen molar-refractivity contribution in [2.75, 3.05) is 18.4 Å². The van der Waals surface area contributed by atoms with Crippen molar-refractivity contribution in [2.45, 2.75) is 50.9 Å². The smallest absolute Gasteiger partial charge is 0.338 e. The van der Waals surface area contributed by atoms with E-state index >= 15 is 0 Å². The van der Waals surface area contributed by atoms with Gasteiger partial charge in [-0.3, -0.25) is 4.79 Å². The molecule has 2 heterocycles. The van der Waals surface area contributed by atoms with Crippen LogP contribution in [0.4, 0.5) is 5.69 Å². The SMILES string of the molecule is Cc1ccccc1NC(=O)Cc1nc(COC(=O)c2cccc(S(=O)(=O)N3CC(C)OC(C)C3)c2)cs1. The third kappa shape index (κ3) is 6.80. The predicted octanol–water partition coefficient (Wildman–Crippen LogP) is 3.79. The van der Waals surface area contributed by atoms with Crippen molar-refractivity contribution >= 4 is 38.9 Å². The highest BCUT2D eigenvalue weighted by atomic mass is 32.2. The van der Waals surface area contributed by atoms with Crippen LogP contribution in [0.5, 0.6) is 0 Å². The molecule has 1 amide bonds. The van der Waals surface area contributed by atoms with Crippen LogP contribution < -0.4 is 5.32 Å². The number of carbonyl (C=O) groups is 2. The van der Waals surface area contributed by atoms with Crippen LogP contribution >= 0.6 is 11.3 Å². The number of benzene rings is 2. The van der Waals surface area contributed by atoms with E-state index in [1.54, 1.807) is 5.38 Å². The monoisotopic (exact) mass is 543 g/mol.